The number of carboxylic acid groups (broad SMARTS) is 1. The zero-order valence-electron chi connectivity index (χ0n) is 32.2. The monoisotopic (exact) mass is 798 g/mol. The second-order valence-electron chi connectivity index (χ2n) is 14.4. The number of carbonyl (C=O) groups is 7. The van der Waals surface area contributed by atoms with E-state index in [9.17, 15) is 43.8 Å². The number of aliphatic carboxylic acids is 1. The van der Waals surface area contributed by atoms with Crippen molar-refractivity contribution in [3.63, 3.8) is 0 Å². The van der Waals surface area contributed by atoms with Crippen LogP contribution in [-0.2, 0) is 52.8 Å². The predicted octanol–water partition coefficient (Wildman–Crippen LogP) is 0.290. The molecule has 17 nitrogen and oxygen atoms in total. The molecule has 6 amide bonds. The van der Waals surface area contributed by atoms with Gasteiger partial charge in [0.2, 0.25) is 35.4 Å². The van der Waals surface area contributed by atoms with E-state index < -0.39 is 84.6 Å². The molecule has 0 saturated heterocycles. The maximum atomic E-state index is 14.0. The third-order valence-corrected chi connectivity index (χ3v) is 9.20. The van der Waals surface area contributed by atoms with Gasteiger partial charge in [0.1, 0.15) is 29.9 Å². The summed E-state index contributed by atoms with van der Waals surface area (Å²) in [5, 5.41) is 32.5. The highest BCUT2D eigenvalue weighted by molar-refractivity contribution is 5.97. The predicted molar refractivity (Wildman–Crippen MR) is 214 cm³/mol. The Morgan fingerprint density at radius 2 is 1.26 bits per heavy atom. The molecule has 17 heteroatoms. The van der Waals surface area contributed by atoms with E-state index in [0.717, 1.165) is 10.9 Å². The standard InChI is InChI=1S/C41H50N8O9/c1-23(2)16-32(39(56)49-34(20-36(52)53)41(58)47-31(37(43)54)18-24-8-4-3-5-9-24)48-40(57)33(19-26-21-44-30-11-7-6-10-28(26)30)46-35(51)22-45-38(55)29(42)17-25-12-14-27(50)15-13-25/h3-15,21,23,29,31-34,44,50H,16-20,22,42H2,1-2H3,(H2,43,54)(H,45,55)(H,46,51)(H,47,58)(H,48,57)(H,49,56)(H,52,53)/t29-,31-,32-,33-,34-/m0/s1. The summed E-state index contributed by atoms with van der Waals surface area (Å²) in [7, 11) is 0. The quantitative estimate of drug-likeness (QED) is 0.0550. The highest BCUT2D eigenvalue weighted by atomic mass is 16.4. The van der Waals surface area contributed by atoms with Gasteiger partial charge in [-0.2, -0.15) is 0 Å². The lowest BCUT2D eigenvalue weighted by Crippen LogP contribution is -2.59. The number of nitrogens with two attached hydrogens (primary N) is 2. The number of aromatic amines is 1. The number of rotatable bonds is 21. The number of aromatic hydroxyl groups is 1. The normalized spacial score (nSPS) is 13.7. The molecule has 3 aromatic carbocycles. The van der Waals surface area contributed by atoms with Gasteiger partial charge in [0, 0.05) is 29.9 Å². The van der Waals surface area contributed by atoms with E-state index in [0.29, 0.717) is 16.7 Å². The average molecular weight is 799 g/mol. The minimum Gasteiger partial charge on any atom is -0.508 e. The van der Waals surface area contributed by atoms with Crippen LogP contribution in [0.1, 0.15) is 43.4 Å². The molecule has 0 saturated carbocycles. The fourth-order valence-corrected chi connectivity index (χ4v) is 6.23. The van der Waals surface area contributed by atoms with Crippen molar-refractivity contribution >= 4 is 52.3 Å². The molecular weight excluding hydrogens is 748 g/mol. The second-order valence-corrected chi connectivity index (χ2v) is 14.4. The second kappa shape index (κ2) is 21.0. The molecule has 308 valence electrons. The molecule has 0 aliphatic heterocycles. The number of aromatic nitrogens is 1. The number of benzene rings is 3. The van der Waals surface area contributed by atoms with Crippen LogP contribution in [0.3, 0.4) is 0 Å². The van der Waals surface area contributed by atoms with E-state index >= 15 is 0 Å². The molecule has 0 radical (unpaired) electrons. The van der Waals surface area contributed by atoms with E-state index in [1.54, 1.807) is 62.5 Å². The van der Waals surface area contributed by atoms with Crippen molar-refractivity contribution in [3.05, 3.63) is 102 Å². The van der Waals surface area contributed by atoms with Crippen LogP contribution in [0.2, 0.25) is 0 Å². The van der Waals surface area contributed by atoms with E-state index in [1.807, 2.05) is 24.3 Å². The Bertz CT molecular complexity index is 2070. The van der Waals surface area contributed by atoms with Gasteiger partial charge in [-0.3, -0.25) is 33.6 Å². The van der Waals surface area contributed by atoms with Gasteiger partial charge in [-0.1, -0.05) is 74.5 Å². The number of hydrogen-bond acceptors (Lipinski definition) is 9. The Labute approximate surface area is 334 Å². The summed E-state index contributed by atoms with van der Waals surface area (Å²) in [5.74, 6) is -6.40. The highest BCUT2D eigenvalue weighted by Gasteiger charge is 2.33. The van der Waals surface area contributed by atoms with Gasteiger partial charge in [-0.25, -0.2) is 0 Å². The topological polar surface area (TPSA) is 288 Å². The maximum absolute atomic E-state index is 14.0. The lowest BCUT2D eigenvalue weighted by atomic mass is 10.00. The molecule has 4 aromatic rings. The number of nitrogens with one attached hydrogen (secondary N) is 6. The number of amides is 6. The molecule has 12 N–H and O–H groups in total. The lowest BCUT2D eigenvalue weighted by molar-refractivity contribution is -0.141. The van der Waals surface area contributed by atoms with Crippen LogP contribution in [0, 0.1) is 5.92 Å². The molecular formula is C41H50N8O9. The number of carboxylic acids is 1. The van der Waals surface area contributed by atoms with Gasteiger partial charge in [0.15, 0.2) is 0 Å². The van der Waals surface area contributed by atoms with Crippen LogP contribution in [0.5, 0.6) is 5.75 Å². The molecule has 0 unspecified atom stereocenters. The molecule has 58 heavy (non-hydrogen) atoms. The third kappa shape index (κ3) is 13.5. The fourth-order valence-electron chi connectivity index (χ4n) is 6.23. The van der Waals surface area contributed by atoms with Gasteiger partial charge in [0.05, 0.1) is 19.0 Å². The minimum absolute atomic E-state index is 0.0154. The Hall–Kier alpha value is -6.75. The minimum atomic E-state index is -1.65. The number of fused-ring (bicyclic) bond motifs is 1. The number of phenols is 1. The molecule has 0 aliphatic rings. The summed E-state index contributed by atoms with van der Waals surface area (Å²) in [6.07, 6.45) is 1.01. The van der Waals surface area contributed by atoms with Crippen molar-refractivity contribution in [2.45, 2.75) is 76.2 Å². The summed E-state index contributed by atoms with van der Waals surface area (Å²) in [4.78, 5) is 94.4. The van der Waals surface area contributed by atoms with Gasteiger partial charge in [0.25, 0.3) is 0 Å². The first-order valence-corrected chi connectivity index (χ1v) is 18.7. The fraction of sp³-hybridized carbons (Fsp3) is 0.341. The van der Waals surface area contributed by atoms with Crippen LogP contribution < -0.4 is 38.1 Å². The van der Waals surface area contributed by atoms with Crippen molar-refractivity contribution in [2.24, 2.45) is 17.4 Å². The summed E-state index contributed by atoms with van der Waals surface area (Å²) >= 11 is 0. The molecule has 1 heterocycles. The lowest BCUT2D eigenvalue weighted by Gasteiger charge is -2.26. The molecule has 0 bridgehead atoms. The maximum Gasteiger partial charge on any atom is 0.305 e. The Morgan fingerprint density at radius 3 is 1.91 bits per heavy atom. The van der Waals surface area contributed by atoms with Gasteiger partial charge in [-0.05, 0) is 53.6 Å². The molecule has 1 aromatic heterocycles. The largest absolute Gasteiger partial charge is 0.508 e. The number of para-hydroxylation sites is 1. The summed E-state index contributed by atoms with van der Waals surface area (Å²) in [6.45, 7) is 3.04. The SMILES string of the molecule is CC(C)C[C@H](NC(=O)[C@H](Cc1c[nH]c2ccccc12)NC(=O)CNC(=O)[C@@H](N)Cc1ccc(O)cc1)C(=O)N[C@@H](CC(=O)O)C(=O)N[C@@H](Cc1ccccc1)C(N)=O. The Balaban J connectivity index is 1.49. The average Bonchev–Trinajstić information content (AvgIpc) is 3.59. The smallest absolute Gasteiger partial charge is 0.305 e. The number of carbonyl (C=O) groups excluding carboxylic acids is 6. The van der Waals surface area contributed by atoms with E-state index in [-0.39, 0.29) is 37.4 Å². The van der Waals surface area contributed by atoms with Crippen molar-refractivity contribution < 1.29 is 43.8 Å². The number of hydrogen-bond donors (Lipinski definition) is 10. The van der Waals surface area contributed by atoms with Crippen LogP contribution >= 0.6 is 0 Å². The van der Waals surface area contributed by atoms with Crippen molar-refractivity contribution in [2.75, 3.05) is 6.54 Å². The first-order valence-electron chi connectivity index (χ1n) is 18.7. The first kappa shape index (κ1) is 44.0. The van der Waals surface area contributed by atoms with E-state index in [2.05, 4.69) is 31.6 Å². The highest BCUT2D eigenvalue weighted by Crippen LogP contribution is 2.20. The zero-order valence-corrected chi connectivity index (χ0v) is 32.2. The van der Waals surface area contributed by atoms with Crippen LogP contribution in [0.15, 0.2) is 85.1 Å². The van der Waals surface area contributed by atoms with Crippen molar-refractivity contribution in [3.8, 4) is 5.75 Å². The van der Waals surface area contributed by atoms with Gasteiger partial charge < -0.3 is 53.2 Å². The third-order valence-electron chi connectivity index (χ3n) is 9.20. The van der Waals surface area contributed by atoms with E-state index in [4.69, 9.17) is 11.5 Å². The van der Waals surface area contributed by atoms with E-state index in [1.165, 1.54) is 12.1 Å². The summed E-state index contributed by atoms with van der Waals surface area (Å²) < 4.78 is 0. The Kier molecular flexibility index (Phi) is 15.9. The number of phenolic OH excluding ortho intramolecular Hbond substituents is 1. The van der Waals surface area contributed by atoms with Crippen molar-refractivity contribution in [1.82, 2.24) is 31.6 Å². The summed E-state index contributed by atoms with van der Waals surface area (Å²) in [5.41, 5.74) is 14.4. The van der Waals surface area contributed by atoms with Gasteiger partial charge in [-0.15, -0.1) is 0 Å². The number of primary amides is 1. The van der Waals surface area contributed by atoms with Gasteiger partial charge >= 0.3 is 5.97 Å². The van der Waals surface area contributed by atoms with Crippen LogP contribution in [0.25, 0.3) is 10.9 Å². The van der Waals surface area contributed by atoms with Crippen LogP contribution in [0.4, 0.5) is 0 Å². The molecule has 0 fully saturated rings. The van der Waals surface area contributed by atoms with Crippen LogP contribution in [-0.4, -0.2) is 93.4 Å². The molecule has 5 atom stereocenters. The Morgan fingerprint density at radius 1 is 0.672 bits per heavy atom. The molecule has 0 spiro atoms. The molecule has 4 rings (SSSR count). The van der Waals surface area contributed by atoms with Crippen molar-refractivity contribution in [1.29, 1.82) is 0 Å². The molecule has 0 aliphatic carbocycles. The first-order chi connectivity index (χ1) is 27.6. The number of H-pyrrole nitrogens is 1. The summed E-state index contributed by atoms with van der Waals surface area (Å²) in [6, 6.07) is 15.7. The zero-order chi connectivity index (χ0) is 42.4.